The highest BCUT2D eigenvalue weighted by atomic mass is 19.4. The summed E-state index contributed by atoms with van der Waals surface area (Å²) < 4.78 is 40.7. The Bertz CT molecular complexity index is 882. The molecule has 132 valence electrons. The van der Waals surface area contributed by atoms with Gasteiger partial charge < -0.3 is 14.8 Å². The first-order valence-electron chi connectivity index (χ1n) is 7.27. The highest BCUT2D eigenvalue weighted by Gasteiger charge is 2.36. The molecule has 0 spiro atoms. The molecule has 0 aliphatic heterocycles. The maximum absolute atomic E-state index is 13.3. The van der Waals surface area contributed by atoms with E-state index in [2.05, 4.69) is 4.85 Å². The van der Waals surface area contributed by atoms with Crippen molar-refractivity contribution in [2.45, 2.75) is 25.7 Å². The Morgan fingerprint density at radius 2 is 2.00 bits per heavy atom. The van der Waals surface area contributed by atoms with Crippen molar-refractivity contribution in [3.8, 4) is 11.3 Å². The SMILES string of the molecule is [C-]#[N+]c1c(C(F)(F)F)cc(-c2cccc(C)c2)n(CC(O)CO)c1=O. The number of alkyl halides is 3. The summed E-state index contributed by atoms with van der Waals surface area (Å²) in [6, 6.07) is 7.22. The lowest BCUT2D eigenvalue weighted by Gasteiger charge is -2.19. The Labute approximate surface area is 141 Å². The van der Waals surface area contributed by atoms with E-state index in [-0.39, 0.29) is 5.69 Å². The van der Waals surface area contributed by atoms with Gasteiger partial charge in [0.2, 0.25) is 0 Å². The quantitative estimate of drug-likeness (QED) is 0.832. The molecule has 0 radical (unpaired) electrons. The number of benzene rings is 1. The average Bonchev–Trinajstić information content (AvgIpc) is 2.55. The number of hydrogen-bond donors (Lipinski definition) is 2. The van der Waals surface area contributed by atoms with Gasteiger partial charge >= 0.3 is 6.18 Å². The summed E-state index contributed by atoms with van der Waals surface area (Å²) in [5, 5.41) is 18.6. The highest BCUT2D eigenvalue weighted by molar-refractivity contribution is 5.66. The van der Waals surface area contributed by atoms with Crippen LogP contribution in [0.4, 0.5) is 18.9 Å². The van der Waals surface area contributed by atoms with Crippen molar-refractivity contribution in [3.63, 3.8) is 0 Å². The number of aromatic nitrogens is 1. The average molecular weight is 352 g/mol. The molecule has 2 rings (SSSR count). The molecular weight excluding hydrogens is 337 g/mol. The maximum atomic E-state index is 13.3. The normalized spacial score (nSPS) is 12.7. The largest absolute Gasteiger partial charge is 0.407 e. The van der Waals surface area contributed by atoms with Crippen LogP contribution in [0.25, 0.3) is 16.1 Å². The number of aliphatic hydroxyl groups is 2. The molecule has 1 heterocycles. The first-order valence-corrected chi connectivity index (χ1v) is 7.27. The van der Waals surface area contributed by atoms with E-state index in [1.807, 2.05) is 0 Å². The number of pyridine rings is 1. The van der Waals surface area contributed by atoms with Crippen molar-refractivity contribution in [1.82, 2.24) is 4.57 Å². The summed E-state index contributed by atoms with van der Waals surface area (Å²) in [4.78, 5) is 15.2. The van der Waals surface area contributed by atoms with Crippen LogP contribution in [0.15, 0.2) is 35.1 Å². The van der Waals surface area contributed by atoms with Gasteiger partial charge in [0.25, 0.3) is 11.2 Å². The lowest BCUT2D eigenvalue weighted by atomic mass is 10.0. The van der Waals surface area contributed by atoms with Gasteiger partial charge in [-0.3, -0.25) is 4.79 Å². The number of aliphatic hydroxyl groups excluding tert-OH is 2. The lowest BCUT2D eigenvalue weighted by Crippen LogP contribution is -2.31. The topological polar surface area (TPSA) is 66.8 Å². The van der Waals surface area contributed by atoms with E-state index in [0.29, 0.717) is 5.56 Å². The van der Waals surface area contributed by atoms with Crippen LogP contribution in [-0.2, 0) is 12.7 Å². The zero-order valence-corrected chi connectivity index (χ0v) is 13.2. The Hall–Kier alpha value is -2.63. The summed E-state index contributed by atoms with van der Waals surface area (Å²) in [5.41, 5.74) is -2.52. The minimum Gasteiger partial charge on any atom is -0.394 e. The van der Waals surface area contributed by atoms with Crippen LogP contribution < -0.4 is 5.56 Å². The first-order chi connectivity index (χ1) is 11.7. The van der Waals surface area contributed by atoms with Crippen molar-refractivity contribution in [2.24, 2.45) is 0 Å². The van der Waals surface area contributed by atoms with Crippen LogP contribution in [0.3, 0.4) is 0 Å². The van der Waals surface area contributed by atoms with Crippen LogP contribution in [0.5, 0.6) is 0 Å². The molecule has 2 aromatic rings. The number of rotatable bonds is 4. The second-order valence-electron chi connectivity index (χ2n) is 5.52. The maximum Gasteiger partial charge on any atom is 0.407 e. The van der Waals surface area contributed by atoms with Crippen molar-refractivity contribution in [3.05, 3.63) is 63.2 Å². The third kappa shape index (κ3) is 3.90. The molecule has 25 heavy (non-hydrogen) atoms. The minimum atomic E-state index is -4.87. The Morgan fingerprint density at radius 1 is 1.32 bits per heavy atom. The van der Waals surface area contributed by atoms with Gasteiger partial charge in [-0.25, -0.2) is 4.85 Å². The second kappa shape index (κ2) is 7.09. The summed E-state index contributed by atoms with van der Waals surface area (Å²) in [5.74, 6) is 0. The van der Waals surface area contributed by atoms with Gasteiger partial charge in [-0.05, 0) is 24.6 Å². The predicted molar refractivity (Wildman–Crippen MR) is 85.2 cm³/mol. The molecule has 1 aromatic heterocycles. The number of halogens is 3. The number of nitrogens with zero attached hydrogens (tertiary/aromatic N) is 2. The molecule has 0 aliphatic rings. The van der Waals surface area contributed by atoms with Gasteiger partial charge in [0.05, 0.1) is 31.4 Å². The van der Waals surface area contributed by atoms with Crippen LogP contribution in [0.1, 0.15) is 11.1 Å². The van der Waals surface area contributed by atoms with Crippen LogP contribution >= 0.6 is 0 Å². The summed E-state index contributed by atoms with van der Waals surface area (Å²) >= 11 is 0. The van der Waals surface area contributed by atoms with Crippen LogP contribution in [0, 0.1) is 13.5 Å². The summed E-state index contributed by atoms with van der Waals surface area (Å²) in [7, 11) is 0. The van der Waals surface area contributed by atoms with Crippen LogP contribution in [0.2, 0.25) is 0 Å². The van der Waals surface area contributed by atoms with E-state index in [4.69, 9.17) is 11.7 Å². The first kappa shape index (κ1) is 18.7. The van der Waals surface area contributed by atoms with Crippen LogP contribution in [-0.4, -0.2) is 27.5 Å². The van der Waals surface area contributed by atoms with E-state index >= 15 is 0 Å². The Balaban J connectivity index is 2.85. The fourth-order valence-electron chi connectivity index (χ4n) is 2.45. The number of hydrogen-bond acceptors (Lipinski definition) is 3. The fourth-order valence-corrected chi connectivity index (χ4v) is 2.45. The van der Waals surface area contributed by atoms with Gasteiger partial charge in [0.1, 0.15) is 0 Å². The van der Waals surface area contributed by atoms with Crippen molar-refractivity contribution in [1.29, 1.82) is 0 Å². The van der Waals surface area contributed by atoms with E-state index in [9.17, 15) is 23.1 Å². The third-order valence-electron chi connectivity index (χ3n) is 3.61. The molecule has 8 heteroatoms. The smallest absolute Gasteiger partial charge is 0.394 e. The number of aryl methyl sites for hydroxylation is 1. The molecule has 1 atom stereocenters. The lowest BCUT2D eigenvalue weighted by molar-refractivity contribution is -0.136. The van der Waals surface area contributed by atoms with Gasteiger partial charge in [-0.2, -0.15) is 13.2 Å². The van der Waals surface area contributed by atoms with Gasteiger partial charge in [0, 0.05) is 5.69 Å². The van der Waals surface area contributed by atoms with E-state index in [0.717, 1.165) is 16.2 Å². The van der Waals surface area contributed by atoms with Gasteiger partial charge in [-0.1, -0.05) is 23.8 Å². The standard InChI is InChI=1S/C17H15F3N2O3/c1-10-4-3-5-11(6-10)14-7-13(17(18,19)20)15(21-2)16(25)22(14)8-12(24)9-23/h3-7,12,23-24H,8-9H2,1H3. The zero-order valence-electron chi connectivity index (χ0n) is 13.2. The monoisotopic (exact) mass is 352 g/mol. The Kier molecular flexibility index (Phi) is 5.30. The van der Waals surface area contributed by atoms with Gasteiger partial charge in [-0.15, -0.1) is 0 Å². The van der Waals surface area contributed by atoms with E-state index < -0.39 is 42.2 Å². The molecule has 0 saturated carbocycles. The van der Waals surface area contributed by atoms with Crippen molar-refractivity contribution in [2.75, 3.05) is 6.61 Å². The third-order valence-corrected chi connectivity index (χ3v) is 3.61. The molecule has 1 aromatic carbocycles. The second-order valence-corrected chi connectivity index (χ2v) is 5.52. The molecule has 0 saturated heterocycles. The van der Waals surface area contributed by atoms with E-state index in [1.54, 1.807) is 25.1 Å². The van der Waals surface area contributed by atoms with E-state index in [1.165, 1.54) is 6.07 Å². The molecular formula is C17H15F3N2O3. The Morgan fingerprint density at radius 3 is 2.52 bits per heavy atom. The molecule has 0 aliphatic carbocycles. The van der Waals surface area contributed by atoms with Crippen molar-refractivity contribution >= 4 is 5.69 Å². The zero-order chi connectivity index (χ0) is 18.8. The molecule has 2 N–H and O–H groups in total. The highest BCUT2D eigenvalue weighted by Crippen LogP contribution is 2.37. The minimum absolute atomic E-state index is 0.0825. The molecule has 0 amide bonds. The molecule has 5 nitrogen and oxygen atoms in total. The summed E-state index contributed by atoms with van der Waals surface area (Å²) in [6.45, 7) is 7.58. The molecule has 1 unspecified atom stereocenters. The molecule has 0 bridgehead atoms. The van der Waals surface area contributed by atoms with Gasteiger partial charge in [0.15, 0.2) is 0 Å². The van der Waals surface area contributed by atoms with Crippen molar-refractivity contribution < 1.29 is 23.4 Å². The fraction of sp³-hybridized carbons (Fsp3) is 0.294. The molecule has 0 fully saturated rings. The predicted octanol–water partition coefficient (Wildman–Crippen LogP) is 2.75. The summed E-state index contributed by atoms with van der Waals surface area (Å²) in [6.07, 6.45) is -6.22.